The van der Waals surface area contributed by atoms with E-state index in [1.165, 1.54) is 0 Å². The van der Waals surface area contributed by atoms with Gasteiger partial charge >= 0.3 is 0 Å². The predicted molar refractivity (Wildman–Crippen MR) is 125 cm³/mol. The van der Waals surface area contributed by atoms with Gasteiger partial charge in [-0.2, -0.15) is 0 Å². The van der Waals surface area contributed by atoms with Crippen LogP contribution in [-0.4, -0.2) is 33.9 Å². The van der Waals surface area contributed by atoms with Crippen molar-refractivity contribution in [2.45, 2.75) is 13.8 Å². The van der Waals surface area contributed by atoms with E-state index in [0.29, 0.717) is 28.9 Å². The number of aromatic nitrogens is 3. The topological polar surface area (TPSA) is 71.0 Å². The van der Waals surface area contributed by atoms with Crippen LogP contribution in [0.3, 0.4) is 0 Å². The first-order valence-corrected chi connectivity index (χ1v) is 10.4. The largest absolute Gasteiger partial charge is 0.347 e. The number of anilines is 2. The van der Waals surface area contributed by atoms with Gasteiger partial charge in [0, 0.05) is 40.6 Å². The number of aryl methyl sites for hydroxylation is 1. The normalized spacial score (nSPS) is 10.8. The Balaban J connectivity index is 1.68. The molecule has 0 unspecified atom stereocenters. The van der Waals surface area contributed by atoms with E-state index in [1.807, 2.05) is 61.2 Å². The highest BCUT2D eigenvalue weighted by atomic mass is 35.5. The standard InChI is InChI=1S/C24H22ClN5O/c1-3-30(15-22(31)27-21-13-18(25)11-10-16(21)2)24-19-8-4-5-9-20(19)28-23(29-24)17-7-6-12-26-14-17/h4-14H,3,15H2,1-2H3,(H,27,31). The Bertz CT molecular complexity index is 1230. The zero-order valence-electron chi connectivity index (χ0n) is 17.3. The van der Waals surface area contributed by atoms with Crippen LogP contribution in [0.4, 0.5) is 11.5 Å². The number of nitrogens with one attached hydrogen (secondary N) is 1. The van der Waals surface area contributed by atoms with Crippen molar-refractivity contribution in [2.75, 3.05) is 23.3 Å². The van der Waals surface area contributed by atoms with Crippen molar-refractivity contribution in [3.8, 4) is 11.4 Å². The van der Waals surface area contributed by atoms with E-state index in [9.17, 15) is 4.79 Å². The fraction of sp³-hybridized carbons (Fsp3) is 0.167. The molecule has 4 rings (SSSR count). The number of fused-ring (bicyclic) bond motifs is 1. The van der Waals surface area contributed by atoms with E-state index in [0.717, 1.165) is 22.0 Å². The van der Waals surface area contributed by atoms with Gasteiger partial charge in [-0.3, -0.25) is 9.78 Å². The fourth-order valence-corrected chi connectivity index (χ4v) is 3.53. The quantitative estimate of drug-likeness (QED) is 0.459. The minimum Gasteiger partial charge on any atom is -0.347 e. The third-order valence-electron chi connectivity index (χ3n) is 4.99. The summed E-state index contributed by atoms with van der Waals surface area (Å²) in [6.07, 6.45) is 3.45. The maximum atomic E-state index is 12.9. The average Bonchev–Trinajstić information content (AvgIpc) is 2.80. The maximum Gasteiger partial charge on any atom is 0.243 e. The second kappa shape index (κ2) is 9.10. The van der Waals surface area contributed by atoms with Crippen LogP contribution in [0.25, 0.3) is 22.3 Å². The summed E-state index contributed by atoms with van der Waals surface area (Å²) in [4.78, 5) is 28.5. The molecule has 0 fully saturated rings. The van der Waals surface area contributed by atoms with Crippen LogP contribution in [0.5, 0.6) is 0 Å². The van der Waals surface area contributed by atoms with Gasteiger partial charge in [-0.05, 0) is 55.8 Å². The molecule has 0 atom stereocenters. The van der Waals surface area contributed by atoms with Gasteiger partial charge in [0.1, 0.15) is 5.82 Å². The summed E-state index contributed by atoms with van der Waals surface area (Å²) in [5.41, 5.74) is 3.30. The summed E-state index contributed by atoms with van der Waals surface area (Å²) >= 11 is 6.09. The molecule has 31 heavy (non-hydrogen) atoms. The number of nitrogens with zero attached hydrogens (tertiary/aromatic N) is 4. The Morgan fingerprint density at radius 1 is 1.10 bits per heavy atom. The van der Waals surface area contributed by atoms with Gasteiger partial charge in [0.15, 0.2) is 5.82 Å². The van der Waals surface area contributed by atoms with Gasteiger partial charge in [-0.15, -0.1) is 0 Å². The number of carbonyl (C=O) groups is 1. The number of amides is 1. The molecule has 0 spiro atoms. The van der Waals surface area contributed by atoms with Crippen molar-refractivity contribution in [1.29, 1.82) is 0 Å². The van der Waals surface area contributed by atoms with Gasteiger partial charge < -0.3 is 10.2 Å². The molecule has 156 valence electrons. The van der Waals surface area contributed by atoms with E-state index in [-0.39, 0.29) is 12.5 Å². The SMILES string of the molecule is CCN(CC(=O)Nc1cc(Cl)ccc1C)c1nc(-c2cccnc2)nc2ccccc12. The Kier molecular flexibility index (Phi) is 6.09. The lowest BCUT2D eigenvalue weighted by Gasteiger charge is -2.23. The Morgan fingerprint density at radius 3 is 2.71 bits per heavy atom. The highest BCUT2D eigenvalue weighted by Gasteiger charge is 2.17. The van der Waals surface area contributed by atoms with Crippen molar-refractivity contribution in [2.24, 2.45) is 0 Å². The first-order chi connectivity index (χ1) is 15.0. The van der Waals surface area contributed by atoms with Gasteiger partial charge in [-0.1, -0.05) is 29.8 Å². The van der Waals surface area contributed by atoms with Crippen LogP contribution in [-0.2, 0) is 4.79 Å². The smallest absolute Gasteiger partial charge is 0.243 e. The number of carbonyl (C=O) groups excluding carboxylic acids is 1. The lowest BCUT2D eigenvalue weighted by Crippen LogP contribution is -2.34. The van der Waals surface area contributed by atoms with Crippen LogP contribution in [0.1, 0.15) is 12.5 Å². The molecule has 0 bridgehead atoms. The van der Waals surface area contributed by atoms with E-state index < -0.39 is 0 Å². The minimum atomic E-state index is -0.141. The first kappa shape index (κ1) is 20.8. The molecule has 2 aromatic carbocycles. The lowest BCUT2D eigenvalue weighted by molar-refractivity contribution is -0.115. The lowest BCUT2D eigenvalue weighted by atomic mass is 10.2. The number of para-hydroxylation sites is 1. The van der Waals surface area contributed by atoms with Gasteiger partial charge in [0.05, 0.1) is 12.1 Å². The third-order valence-corrected chi connectivity index (χ3v) is 5.23. The molecule has 6 nitrogen and oxygen atoms in total. The number of benzene rings is 2. The van der Waals surface area contributed by atoms with E-state index >= 15 is 0 Å². The zero-order valence-corrected chi connectivity index (χ0v) is 18.1. The monoisotopic (exact) mass is 431 g/mol. The average molecular weight is 432 g/mol. The van der Waals surface area contributed by atoms with E-state index in [1.54, 1.807) is 24.5 Å². The highest BCUT2D eigenvalue weighted by Crippen LogP contribution is 2.27. The molecule has 7 heteroatoms. The van der Waals surface area contributed by atoms with Gasteiger partial charge in [-0.25, -0.2) is 9.97 Å². The minimum absolute atomic E-state index is 0.141. The molecule has 0 aliphatic carbocycles. The molecule has 4 aromatic rings. The molecule has 0 saturated carbocycles. The second-order valence-electron chi connectivity index (χ2n) is 7.15. The molecule has 0 aliphatic heterocycles. The highest BCUT2D eigenvalue weighted by molar-refractivity contribution is 6.31. The summed E-state index contributed by atoms with van der Waals surface area (Å²) in [5, 5.41) is 4.43. The van der Waals surface area contributed by atoms with Crippen molar-refractivity contribution in [3.63, 3.8) is 0 Å². The first-order valence-electron chi connectivity index (χ1n) is 10.0. The van der Waals surface area contributed by atoms with Crippen LogP contribution >= 0.6 is 11.6 Å². The Morgan fingerprint density at radius 2 is 1.94 bits per heavy atom. The molecule has 0 radical (unpaired) electrons. The number of likely N-dealkylation sites (N-methyl/N-ethyl adjacent to an activating group) is 1. The molecule has 0 saturated heterocycles. The van der Waals surface area contributed by atoms with Crippen molar-refractivity contribution in [1.82, 2.24) is 15.0 Å². The molecule has 1 amide bonds. The number of hydrogen-bond acceptors (Lipinski definition) is 5. The van der Waals surface area contributed by atoms with Crippen molar-refractivity contribution in [3.05, 3.63) is 77.6 Å². The molecule has 1 N–H and O–H groups in total. The second-order valence-corrected chi connectivity index (χ2v) is 7.59. The number of halogens is 1. The summed E-state index contributed by atoms with van der Waals surface area (Å²) in [5.74, 6) is 1.15. The fourth-order valence-electron chi connectivity index (χ4n) is 3.35. The Labute approximate surface area is 185 Å². The zero-order chi connectivity index (χ0) is 21.8. The van der Waals surface area contributed by atoms with Crippen LogP contribution in [0.2, 0.25) is 5.02 Å². The number of rotatable bonds is 6. The van der Waals surface area contributed by atoms with Crippen molar-refractivity contribution < 1.29 is 4.79 Å². The van der Waals surface area contributed by atoms with Gasteiger partial charge in [0.2, 0.25) is 5.91 Å². The van der Waals surface area contributed by atoms with Crippen LogP contribution in [0, 0.1) is 6.92 Å². The third kappa shape index (κ3) is 4.64. The summed E-state index contributed by atoms with van der Waals surface area (Å²) in [6, 6.07) is 17.0. The predicted octanol–water partition coefficient (Wildman–Crippen LogP) is 5.12. The van der Waals surface area contributed by atoms with Crippen molar-refractivity contribution >= 4 is 39.9 Å². The Hall–Kier alpha value is -3.51. The molecule has 2 aromatic heterocycles. The molecular weight excluding hydrogens is 410 g/mol. The maximum absolute atomic E-state index is 12.9. The van der Waals surface area contributed by atoms with E-state index in [4.69, 9.17) is 21.6 Å². The molecular formula is C24H22ClN5O. The number of hydrogen-bond donors (Lipinski definition) is 1. The molecule has 0 aliphatic rings. The van der Waals surface area contributed by atoms with E-state index in [2.05, 4.69) is 10.3 Å². The molecule has 2 heterocycles. The summed E-state index contributed by atoms with van der Waals surface area (Å²) < 4.78 is 0. The van der Waals surface area contributed by atoms with Crippen LogP contribution < -0.4 is 10.2 Å². The summed E-state index contributed by atoms with van der Waals surface area (Å²) in [7, 11) is 0. The van der Waals surface area contributed by atoms with Crippen LogP contribution in [0.15, 0.2) is 67.0 Å². The summed E-state index contributed by atoms with van der Waals surface area (Å²) in [6.45, 7) is 4.69. The van der Waals surface area contributed by atoms with Gasteiger partial charge in [0.25, 0.3) is 0 Å². The number of pyridine rings is 1.